The quantitative estimate of drug-likeness (QED) is 0.881. The lowest BCUT2D eigenvalue weighted by molar-refractivity contribution is -0.122. The minimum atomic E-state index is 0.106. The highest BCUT2D eigenvalue weighted by Gasteiger charge is 2.25. The molecular weight excluding hydrogens is 340 g/mol. The van der Waals surface area contributed by atoms with Gasteiger partial charge in [0.25, 0.3) is 0 Å². The average molecular weight is 366 g/mol. The molecule has 2 aromatic rings. The summed E-state index contributed by atoms with van der Waals surface area (Å²) in [4.78, 5) is 21.2. The number of piperazine rings is 1. The molecule has 1 saturated carbocycles. The first kappa shape index (κ1) is 17.6. The van der Waals surface area contributed by atoms with Crippen LogP contribution in [0.15, 0.2) is 42.6 Å². The van der Waals surface area contributed by atoms with Gasteiger partial charge in [0.05, 0.1) is 19.0 Å². The van der Waals surface area contributed by atoms with Crippen LogP contribution in [-0.4, -0.2) is 44.2 Å². The molecule has 27 heavy (non-hydrogen) atoms. The fraction of sp³-hybridized carbons (Fsp3) is 0.429. The van der Waals surface area contributed by atoms with E-state index in [0.717, 1.165) is 56.9 Å². The zero-order chi connectivity index (χ0) is 18.6. The van der Waals surface area contributed by atoms with Crippen molar-refractivity contribution in [2.45, 2.75) is 19.3 Å². The van der Waals surface area contributed by atoms with Gasteiger partial charge in [0.2, 0.25) is 5.91 Å². The van der Waals surface area contributed by atoms with E-state index in [1.165, 1.54) is 5.69 Å². The topological polar surface area (TPSA) is 57.7 Å². The number of rotatable bonds is 5. The molecule has 6 heteroatoms. The molecule has 4 rings (SSSR count). The van der Waals surface area contributed by atoms with Gasteiger partial charge in [0, 0.05) is 37.8 Å². The fourth-order valence-corrected chi connectivity index (χ4v) is 3.56. The van der Waals surface area contributed by atoms with Gasteiger partial charge in [0.1, 0.15) is 11.6 Å². The molecule has 2 aliphatic rings. The second-order valence-corrected chi connectivity index (χ2v) is 7.19. The van der Waals surface area contributed by atoms with Crippen molar-refractivity contribution in [3.05, 3.63) is 42.6 Å². The third-order valence-electron chi connectivity index (χ3n) is 5.56. The van der Waals surface area contributed by atoms with Crippen molar-refractivity contribution in [3.63, 3.8) is 0 Å². The number of carbonyl (C=O) groups is 1. The van der Waals surface area contributed by atoms with Crippen molar-refractivity contribution in [2.75, 3.05) is 48.4 Å². The van der Waals surface area contributed by atoms with E-state index in [9.17, 15) is 4.79 Å². The minimum absolute atomic E-state index is 0.106. The monoisotopic (exact) mass is 366 g/mol. The molecule has 142 valence electrons. The lowest BCUT2D eigenvalue weighted by Gasteiger charge is -2.37. The number of hydrogen-bond donors (Lipinski definition) is 1. The number of methoxy groups -OCH3 is 1. The molecule has 1 aliphatic heterocycles. The van der Waals surface area contributed by atoms with Crippen LogP contribution in [0.3, 0.4) is 0 Å². The van der Waals surface area contributed by atoms with E-state index in [0.29, 0.717) is 5.82 Å². The van der Waals surface area contributed by atoms with E-state index in [-0.39, 0.29) is 11.8 Å². The molecular formula is C21H26N4O2. The van der Waals surface area contributed by atoms with Crippen LogP contribution in [0.2, 0.25) is 0 Å². The number of hydrogen-bond acceptors (Lipinski definition) is 5. The van der Waals surface area contributed by atoms with Crippen molar-refractivity contribution in [1.29, 1.82) is 0 Å². The number of carbonyl (C=O) groups excluding carboxylic acids is 1. The predicted octanol–water partition coefficient (Wildman–Crippen LogP) is 3.16. The van der Waals surface area contributed by atoms with Crippen LogP contribution in [-0.2, 0) is 4.79 Å². The molecule has 6 nitrogen and oxygen atoms in total. The first-order valence-corrected chi connectivity index (χ1v) is 9.64. The molecule has 0 atom stereocenters. The first-order valence-electron chi connectivity index (χ1n) is 9.64. The van der Waals surface area contributed by atoms with Gasteiger partial charge < -0.3 is 19.9 Å². The van der Waals surface area contributed by atoms with Gasteiger partial charge in [-0.1, -0.05) is 6.42 Å². The number of benzene rings is 1. The Bertz CT molecular complexity index is 764. The van der Waals surface area contributed by atoms with Crippen LogP contribution in [0.5, 0.6) is 5.75 Å². The third kappa shape index (κ3) is 3.99. The van der Waals surface area contributed by atoms with Crippen molar-refractivity contribution >= 4 is 23.1 Å². The molecule has 2 heterocycles. The minimum Gasteiger partial charge on any atom is -0.497 e. The summed E-state index contributed by atoms with van der Waals surface area (Å²) in [7, 11) is 1.69. The van der Waals surface area contributed by atoms with E-state index in [4.69, 9.17) is 4.74 Å². The Kier molecular flexibility index (Phi) is 5.14. The summed E-state index contributed by atoms with van der Waals surface area (Å²) >= 11 is 0. The standard InChI is InChI=1S/C21H26N4O2/c1-27-19-8-5-17(6-9-19)24-11-13-25(14-12-24)18-7-10-20(22-15-18)23-21(26)16-3-2-4-16/h5-10,15-16H,2-4,11-14H2,1H3,(H,22,23,26). The second-order valence-electron chi connectivity index (χ2n) is 7.19. The largest absolute Gasteiger partial charge is 0.497 e. The molecule has 1 amide bonds. The zero-order valence-corrected chi connectivity index (χ0v) is 15.7. The van der Waals surface area contributed by atoms with Crippen LogP contribution in [0.1, 0.15) is 19.3 Å². The summed E-state index contributed by atoms with van der Waals surface area (Å²) in [5, 5.41) is 2.92. The van der Waals surface area contributed by atoms with Crippen LogP contribution in [0.25, 0.3) is 0 Å². The van der Waals surface area contributed by atoms with Gasteiger partial charge in [-0.05, 0) is 49.2 Å². The highest BCUT2D eigenvalue weighted by molar-refractivity contribution is 5.92. The average Bonchev–Trinajstić information content (AvgIpc) is 2.67. The highest BCUT2D eigenvalue weighted by atomic mass is 16.5. The third-order valence-corrected chi connectivity index (χ3v) is 5.56. The van der Waals surface area contributed by atoms with Gasteiger partial charge in [0.15, 0.2) is 0 Å². The zero-order valence-electron chi connectivity index (χ0n) is 15.7. The molecule has 1 aromatic heterocycles. The Hall–Kier alpha value is -2.76. The molecule has 0 unspecified atom stereocenters. The van der Waals surface area contributed by atoms with Crippen LogP contribution < -0.4 is 19.9 Å². The summed E-state index contributed by atoms with van der Waals surface area (Å²) in [6.45, 7) is 3.82. The van der Waals surface area contributed by atoms with Gasteiger partial charge in [-0.25, -0.2) is 4.98 Å². The molecule has 0 bridgehead atoms. The van der Waals surface area contributed by atoms with Crippen molar-refractivity contribution in [2.24, 2.45) is 5.92 Å². The van der Waals surface area contributed by atoms with Crippen LogP contribution >= 0.6 is 0 Å². The molecule has 0 spiro atoms. The lowest BCUT2D eigenvalue weighted by Crippen LogP contribution is -2.46. The molecule has 1 aliphatic carbocycles. The van der Waals surface area contributed by atoms with Gasteiger partial charge in [-0.3, -0.25) is 4.79 Å². The van der Waals surface area contributed by atoms with Gasteiger partial charge in [-0.15, -0.1) is 0 Å². The van der Waals surface area contributed by atoms with E-state index in [2.05, 4.69) is 32.2 Å². The number of nitrogens with zero attached hydrogens (tertiary/aromatic N) is 3. The molecule has 2 fully saturated rings. The predicted molar refractivity (Wildman–Crippen MR) is 108 cm³/mol. The summed E-state index contributed by atoms with van der Waals surface area (Å²) < 4.78 is 5.23. The fourth-order valence-electron chi connectivity index (χ4n) is 3.56. The number of ether oxygens (including phenoxy) is 1. The number of anilines is 3. The van der Waals surface area contributed by atoms with E-state index in [1.54, 1.807) is 7.11 Å². The van der Waals surface area contributed by atoms with Crippen LogP contribution in [0.4, 0.5) is 17.2 Å². The Morgan fingerprint density at radius 1 is 1.00 bits per heavy atom. The van der Waals surface area contributed by atoms with Gasteiger partial charge in [-0.2, -0.15) is 0 Å². The van der Waals surface area contributed by atoms with Crippen molar-refractivity contribution < 1.29 is 9.53 Å². The summed E-state index contributed by atoms with van der Waals surface area (Å²) in [5.74, 6) is 1.81. The Labute approximate surface area is 160 Å². The van der Waals surface area contributed by atoms with Crippen molar-refractivity contribution in [3.8, 4) is 5.75 Å². The maximum Gasteiger partial charge on any atom is 0.228 e. The second kappa shape index (κ2) is 7.86. The lowest BCUT2D eigenvalue weighted by atomic mass is 9.85. The number of nitrogens with one attached hydrogen (secondary N) is 1. The normalized spacial score (nSPS) is 17.4. The summed E-state index contributed by atoms with van der Waals surface area (Å²) in [6.07, 6.45) is 5.02. The van der Waals surface area contributed by atoms with E-state index < -0.39 is 0 Å². The smallest absolute Gasteiger partial charge is 0.228 e. The summed E-state index contributed by atoms with van der Waals surface area (Å²) in [5.41, 5.74) is 2.33. The van der Waals surface area contributed by atoms with E-state index in [1.807, 2.05) is 30.5 Å². The molecule has 1 aromatic carbocycles. The van der Waals surface area contributed by atoms with Gasteiger partial charge >= 0.3 is 0 Å². The maximum absolute atomic E-state index is 12.0. The van der Waals surface area contributed by atoms with Crippen LogP contribution in [0, 0.1) is 5.92 Å². The molecule has 0 radical (unpaired) electrons. The highest BCUT2D eigenvalue weighted by Crippen LogP contribution is 2.28. The van der Waals surface area contributed by atoms with E-state index >= 15 is 0 Å². The Morgan fingerprint density at radius 3 is 2.15 bits per heavy atom. The summed E-state index contributed by atoms with van der Waals surface area (Å²) in [6, 6.07) is 12.2. The first-order chi connectivity index (χ1) is 13.2. The molecule has 1 N–H and O–H groups in total. The Balaban J connectivity index is 1.31. The molecule has 1 saturated heterocycles. The number of aromatic nitrogens is 1. The Morgan fingerprint density at radius 2 is 1.63 bits per heavy atom. The number of amides is 1. The maximum atomic E-state index is 12.0. The SMILES string of the molecule is COc1ccc(N2CCN(c3ccc(NC(=O)C4CCC4)nc3)CC2)cc1. The number of pyridine rings is 1. The van der Waals surface area contributed by atoms with Crippen molar-refractivity contribution in [1.82, 2.24) is 4.98 Å².